The van der Waals surface area contributed by atoms with Crippen LogP contribution in [0.15, 0.2) is 53.1 Å². The number of nitrogens with zero attached hydrogens (tertiary/aromatic N) is 4. The molecule has 0 N–H and O–H groups in total. The number of halogens is 1. The number of hydrogen-bond acceptors (Lipinski definition) is 5. The zero-order valence-electron chi connectivity index (χ0n) is 14.7. The number of aromatic nitrogens is 3. The monoisotopic (exact) mass is 382 g/mol. The van der Waals surface area contributed by atoms with Gasteiger partial charge in [-0.3, -0.25) is 9.78 Å². The molecule has 6 nitrogen and oxygen atoms in total. The molecule has 1 fully saturated rings. The summed E-state index contributed by atoms with van der Waals surface area (Å²) >= 11 is 6.01. The van der Waals surface area contributed by atoms with E-state index < -0.39 is 0 Å². The first-order chi connectivity index (χ1) is 13.2. The molecule has 1 aliphatic rings. The summed E-state index contributed by atoms with van der Waals surface area (Å²) < 4.78 is 5.83. The van der Waals surface area contributed by atoms with Gasteiger partial charge in [-0.15, -0.1) is 10.2 Å². The predicted octanol–water partition coefficient (Wildman–Crippen LogP) is 3.73. The zero-order valence-corrected chi connectivity index (χ0v) is 15.5. The number of amides is 1. The molecule has 138 valence electrons. The second kappa shape index (κ2) is 7.88. The Morgan fingerprint density at radius 1 is 1.22 bits per heavy atom. The van der Waals surface area contributed by atoms with Gasteiger partial charge < -0.3 is 9.32 Å². The molecule has 0 radical (unpaired) electrons. The lowest BCUT2D eigenvalue weighted by Crippen LogP contribution is -2.40. The van der Waals surface area contributed by atoms with Gasteiger partial charge in [-0.1, -0.05) is 29.8 Å². The van der Waals surface area contributed by atoms with E-state index in [1.54, 1.807) is 12.3 Å². The summed E-state index contributed by atoms with van der Waals surface area (Å²) in [7, 11) is 0. The predicted molar refractivity (Wildman–Crippen MR) is 101 cm³/mol. The molecular formula is C20H19ClN4O2. The van der Waals surface area contributed by atoms with Crippen LogP contribution >= 0.6 is 11.6 Å². The molecule has 0 aliphatic carbocycles. The van der Waals surface area contributed by atoms with Crippen molar-refractivity contribution in [1.82, 2.24) is 20.1 Å². The van der Waals surface area contributed by atoms with E-state index in [0.717, 1.165) is 24.9 Å². The maximum Gasteiger partial charge on any atom is 0.266 e. The van der Waals surface area contributed by atoms with Crippen molar-refractivity contribution < 1.29 is 9.21 Å². The molecule has 1 amide bonds. The molecule has 1 saturated heterocycles. The molecule has 2 aromatic heterocycles. The number of hydrogen-bond donors (Lipinski definition) is 0. The zero-order chi connectivity index (χ0) is 18.6. The normalized spacial score (nSPS) is 17.1. The van der Waals surface area contributed by atoms with Crippen LogP contribution < -0.4 is 0 Å². The van der Waals surface area contributed by atoms with Gasteiger partial charge in [0.05, 0.1) is 12.3 Å². The second-order valence-corrected chi connectivity index (χ2v) is 7.08. The van der Waals surface area contributed by atoms with Crippen LogP contribution in [0.25, 0.3) is 11.6 Å². The third kappa shape index (κ3) is 4.17. The summed E-state index contributed by atoms with van der Waals surface area (Å²) in [4.78, 5) is 18.8. The average Bonchev–Trinajstić information content (AvgIpc) is 3.19. The van der Waals surface area contributed by atoms with Gasteiger partial charge in [-0.05, 0) is 42.7 Å². The van der Waals surface area contributed by atoms with Crippen LogP contribution in [-0.4, -0.2) is 39.1 Å². The Hall–Kier alpha value is -2.73. The number of carbonyl (C=O) groups is 1. The lowest BCUT2D eigenvalue weighted by molar-refractivity contribution is -0.131. The summed E-state index contributed by atoms with van der Waals surface area (Å²) in [6.45, 7) is 1.33. The number of likely N-dealkylation sites (tertiary alicyclic amines) is 1. The largest absolute Gasteiger partial charge is 0.419 e. The molecule has 3 heterocycles. The summed E-state index contributed by atoms with van der Waals surface area (Å²) in [5.74, 6) is 1.11. The molecule has 0 unspecified atom stereocenters. The van der Waals surface area contributed by atoms with Gasteiger partial charge >= 0.3 is 0 Å². The van der Waals surface area contributed by atoms with Crippen LogP contribution in [0.3, 0.4) is 0 Å². The molecule has 27 heavy (non-hydrogen) atoms. The van der Waals surface area contributed by atoms with E-state index in [2.05, 4.69) is 15.2 Å². The first kappa shape index (κ1) is 17.7. The van der Waals surface area contributed by atoms with Gasteiger partial charge in [0.1, 0.15) is 5.69 Å². The van der Waals surface area contributed by atoms with Crippen molar-refractivity contribution in [3.8, 4) is 11.6 Å². The van der Waals surface area contributed by atoms with Crippen LogP contribution in [0.4, 0.5) is 0 Å². The molecule has 1 aromatic carbocycles. The first-order valence-corrected chi connectivity index (χ1v) is 9.34. The van der Waals surface area contributed by atoms with Gasteiger partial charge in [-0.2, -0.15) is 0 Å². The minimum absolute atomic E-state index is 0.0482. The van der Waals surface area contributed by atoms with Crippen LogP contribution in [0.1, 0.15) is 30.2 Å². The molecular weight excluding hydrogens is 364 g/mol. The van der Waals surface area contributed by atoms with Crippen LogP contribution in [-0.2, 0) is 11.2 Å². The van der Waals surface area contributed by atoms with Crippen LogP contribution in [0, 0.1) is 0 Å². The molecule has 0 saturated carbocycles. The lowest BCUT2D eigenvalue weighted by Gasteiger charge is -2.31. The van der Waals surface area contributed by atoms with Gasteiger partial charge in [0.25, 0.3) is 5.89 Å². The summed E-state index contributed by atoms with van der Waals surface area (Å²) in [5.41, 5.74) is 1.57. The number of pyridine rings is 1. The van der Waals surface area contributed by atoms with Crippen molar-refractivity contribution in [2.24, 2.45) is 0 Å². The number of piperidine rings is 1. The van der Waals surface area contributed by atoms with E-state index in [0.29, 0.717) is 35.5 Å². The SMILES string of the molecule is O=C(Cc1cccc(Cl)c1)N1CCC[C@H](c2nnc(-c3ccccn3)o2)C1. The fourth-order valence-corrected chi connectivity index (χ4v) is 3.54. The van der Waals surface area contributed by atoms with Gasteiger partial charge in [0.15, 0.2) is 0 Å². The van der Waals surface area contributed by atoms with Crippen molar-refractivity contribution in [1.29, 1.82) is 0 Å². The highest BCUT2D eigenvalue weighted by Gasteiger charge is 2.28. The van der Waals surface area contributed by atoms with E-state index >= 15 is 0 Å². The standard InChI is InChI=1S/C20H19ClN4O2/c21-16-7-3-5-14(11-16)12-18(26)25-10-4-6-15(13-25)19-23-24-20(27-19)17-8-1-2-9-22-17/h1-3,5,7-9,11,15H,4,6,10,12-13H2/t15-/m0/s1. The fourth-order valence-electron chi connectivity index (χ4n) is 3.33. The smallest absolute Gasteiger partial charge is 0.266 e. The van der Waals surface area contributed by atoms with Gasteiger partial charge in [-0.25, -0.2) is 0 Å². The van der Waals surface area contributed by atoms with Gasteiger partial charge in [0.2, 0.25) is 11.8 Å². The quantitative estimate of drug-likeness (QED) is 0.687. The maximum absolute atomic E-state index is 12.7. The average molecular weight is 383 g/mol. The molecule has 1 aliphatic heterocycles. The Bertz CT molecular complexity index is 928. The Kier molecular flexibility index (Phi) is 5.16. The van der Waals surface area contributed by atoms with E-state index in [-0.39, 0.29) is 11.8 Å². The molecule has 4 rings (SSSR count). The molecule has 1 atom stereocenters. The Morgan fingerprint density at radius 2 is 2.15 bits per heavy atom. The van der Waals surface area contributed by atoms with Gasteiger partial charge in [0, 0.05) is 24.3 Å². The van der Waals surface area contributed by atoms with Crippen LogP contribution in [0.5, 0.6) is 0 Å². The summed E-state index contributed by atoms with van der Waals surface area (Å²) in [6.07, 6.45) is 3.87. The van der Waals surface area contributed by atoms with Crippen LogP contribution in [0.2, 0.25) is 5.02 Å². The Labute approximate surface area is 162 Å². The fraction of sp³-hybridized carbons (Fsp3) is 0.300. The lowest BCUT2D eigenvalue weighted by atomic mass is 9.97. The molecule has 7 heteroatoms. The maximum atomic E-state index is 12.7. The number of rotatable bonds is 4. The highest BCUT2D eigenvalue weighted by Crippen LogP contribution is 2.28. The first-order valence-electron chi connectivity index (χ1n) is 8.96. The minimum atomic E-state index is 0.0482. The number of benzene rings is 1. The van der Waals surface area contributed by atoms with Crippen molar-refractivity contribution in [2.75, 3.05) is 13.1 Å². The van der Waals surface area contributed by atoms with E-state index in [4.69, 9.17) is 16.0 Å². The Morgan fingerprint density at radius 3 is 2.96 bits per heavy atom. The Balaban J connectivity index is 1.44. The van der Waals surface area contributed by atoms with Crippen molar-refractivity contribution in [3.05, 3.63) is 65.1 Å². The summed E-state index contributed by atoms with van der Waals surface area (Å²) in [5, 5.41) is 8.95. The number of carbonyl (C=O) groups excluding carboxylic acids is 1. The molecule has 0 bridgehead atoms. The third-order valence-electron chi connectivity index (χ3n) is 4.69. The van der Waals surface area contributed by atoms with E-state index in [9.17, 15) is 4.79 Å². The minimum Gasteiger partial charge on any atom is -0.419 e. The van der Waals surface area contributed by atoms with E-state index in [1.807, 2.05) is 41.3 Å². The highest BCUT2D eigenvalue weighted by molar-refractivity contribution is 6.30. The molecule has 3 aromatic rings. The summed E-state index contributed by atoms with van der Waals surface area (Å²) in [6, 6.07) is 13.0. The van der Waals surface area contributed by atoms with Crippen molar-refractivity contribution in [2.45, 2.75) is 25.2 Å². The van der Waals surface area contributed by atoms with E-state index in [1.165, 1.54) is 0 Å². The second-order valence-electron chi connectivity index (χ2n) is 6.65. The molecule has 0 spiro atoms. The topological polar surface area (TPSA) is 72.1 Å². The van der Waals surface area contributed by atoms with Crippen molar-refractivity contribution >= 4 is 17.5 Å². The third-order valence-corrected chi connectivity index (χ3v) is 4.93. The van der Waals surface area contributed by atoms with Crippen molar-refractivity contribution in [3.63, 3.8) is 0 Å². The highest BCUT2D eigenvalue weighted by atomic mass is 35.5.